The first kappa shape index (κ1) is 18.8. The van der Waals surface area contributed by atoms with Crippen LogP contribution in [0.25, 0.3) is 10.6 Å². The zero-order valence-electron chi connectivity index (χ0n) is 15.3. The van der Waals surface area contributed by atoms with Crippen molar-refractivity contribution in [2.75, 3.05) is 6.54 Å². The first-order chi connectivity index (χ1) is 13.1. The molecule has 2 N–H and O–H groups in total. The van der Waals surface area contributed by atoms with Crippen LogP contribution in [0.5, 0.6) is 0 Å². The van der Waals surface area contributed by atoms with E-state index >= 15 is 0 Å². The fourth-order valence-corrected chi connectivity index (χ4v) is 3.42. The SMILES string of the molecule is CCNC(=O)[C@H](C)NC(=O)c1cn(Cc2ccccc2)nc1-c1cccs1. The summed E-state index contributed by atoms with van der Waals surface area (Å²) in [4.78, 5) is 25.6. The molecule has 27 heavy (non-hydrogen) atoms. The lowest BCUT2D eigenvalue weighted by molar-refractivity contribution is -0.122. The van der Waals surface area contributed by atoms with Crippen LogP contribution in [0.3, 0.4) is 0 Å². The topological polar surface area (TPSA) is 76.0 Å². The van der Waals surface area contributed by atoms with E-state index in [1.54, 1.807) is 17.8 Å². The van der Waals surface area contributed by atoms with E-state index in [4.69, 9.17) is 0 Å². The lowest BCUT2D eigenvalue weighted by Crippen LogP contribution is -2.44. The molecule has 0 fully saturated rings. The smallest absolute Gasteiger partial charge is 0.255 e. The molecule has 2 amide bonds. The number of thiophene rings is 1. The van der Waals surface area contributed by atoms with Crippen molar-refractivity contribution in [2.24, 2.45) is 0 Å². The maximum Gasteiger partial charge on any atom is 0.255 e. The van der Waals surface area contributed by atoms with Gasteiger partial charge in [0.05, 0.1) is 17.0 Å². The summed E-state index contributed by atoms with van der Waals surface area (Å²) in [5.41, 5.74) is 2.19. The standard InChI is InChI=1S/C20H22N4O2S/c1-3-21-19(25)14(2)22-20(26)16-13-24(12-15-8-5-4-6-9-15)23-18(16)17-10-7-11-27-17/h4-11,13-14H,3,12H2,1-2H3,(H,21,25)(H,22,26)/t14-/m0/s1. The molecule has 0 saturated carbocycles. The average Bonchev–Trinajstić information content (AvgIpc) is 3.32. The van der Waals surface area contributed by atoms with E-state index in [1.807, 2.05) is 54.8 Å². The number of hydrogen-bond donors (Lipinski definition) is 2. The molecule has 2 heterocycles. The number of aromatic nitrogens is 2. The summed E-state index contributed by atoms with van der Waals surface area (Å²) in [5, 5.41) is 12.0. The van der Waals surface area contributed by atoms with E-state index in [-0.39, 0.29) is 11.8 Å². The summed E-state index contributed by atoms with van der Waals surface area (Å²) in [7, 11) is 0. The monoisotopic (exact) mass is 382 g/mol. The van der Waals surface area contributed by atoms with Crippen LogP contribution in [0.4, 0.5) is 0 Å². The largest absolute Gasteiger partial charge is 0.355 e. The van der Waals surface area contributed by atoms with Crippen molar-refractivity contribution in [3.63, 3.8) is 0 Å². The molecule has 0 bridgehead atoms. The molecule has 0 aliphatic carbocycles. The van der Waals surface area contributed by atoms with Gasteiger partial charge in [-0.2, -0.15) is 5.10 Å². The number of nitrogens with one attached hydrogen (secondary N) is 2. The Kier molecular flexibility index (Phi) is 6.03. The minimum atomic E-state index is -0.619. The number of amides is 2. The van der Waals surface area contributed by atoms with Crippen molar-refractivity contribution >= 4 is 23.2 Å². The Morgan fingerprint density at radius 3 is 2.63 bits per heavy atom. The Morgan fingerprint density at radius 1 is 1.19 bits per heavy atom. The van der Waals surface area contributed by atoms with Crippen LogP contribution in [-0.2, 0) is 11.3 Å². The Morgan fingerprint density at radius 2 is 1.96 bits per heavy atom. The first-order valence-electron chi connectivity index (χ1n) is 8.82. The van der Waals surface area contributed by atoms with Crippen molar-refractivity contribution in [3.8, 4) is 10.6 Å². The number of carbonyl (C=O) groups excluding carboxylic acids is 2. The summed E-state index contributed by atoms with van der Waals surface area (Å²) in [5.74, 6) is -0.517. The number of carbonyl (C=O) groups is 2. The van der Waals surface area contributed by atoms with Gasteiger partial charge in [0.25, 0.3) is 5.91 Å². The van der Waals surface area contributed by atoms with Crippen LogP contribution < -0.4 is 10.6 Å². The normalized spacial score (nSPS) is 11.8. The number of likely N-dealkylation sites (N-methyl/N-ethyl adjacent to an activating group) is 1. The van der Waals surface area contributed by atoms with Crippen molar-refractivity contribution < 1.29 is 9.59 Å². The van der Waals surface area contributed by atoms with Gasteiger partial charge in [0, 0.05) is 12.7 Å². The summed E-state index contributed by atoms with van der Waals surface area (Å²) in [6, 6.07) is 13.2. The highest BCUT2D eigenvalue weighted by Gasteiger charge is 2.22. The molecule has 3 aromatic rings. The van der Waals surface area contributed by atoms with E-state index in [0.29, 0.717) is 24.3 Å². The molecule has 0 saturated heterocycles. The second-order valence-electron chi connectivity index (χ2n) is 6.14. The molecule has 0 aliphatic heterocycles. The lowest BCUT2D eigenvalue weighted by Gasteiger charge is -2.13. The van der Waals surface area contributed by atoms with Gasteiger partial charge in [-0.15, -0.1) is 11.3 Å². The Balaban J connectivity index is 1.86. The van der Waals surface area contributed by atoms with Gasteiger partial charge in [0.15, 0.2) is 0 Å². The third kappa shape index (κ3) is 4.62. The number of benzene rings is 1. The van der Waals surface area contributed by atoms with Crippen LogP contribution in [0.15, 0.2) is 54.0 Å². The average molecular weight is 382 g/mol. The predicted molar refractivity (Wildman–Crippen MR) is 107 cm³/mol. The summed E-state index contributed by atoms with van der Waals surface area (Å²) in [6.45, 7) is 4.60. The van der Waals surface area contributed by atoms with Gasteiger partial charge >= 0.3 is 0 Å². The summed E-state index contributed by atoms with van der Waals surface area (Å²) in [6.07, 6.45) is 1.74. The highest BCUT2D eigenvalue weighted by atomic mass is 32.1. The maximum atomic E-state index is 12.8. The van der Waals surface area contributed by atoms with Crippen molar-refractivity contribution in [3.05, 3.63) is 65.2 Å². The van der Waals surface area contributed by atoms with E-state index in [0.717, 1.165) is 10.4 Å². The molecule has 1 aromatic carbocycles. The van der Waals surface area contributed by atoms with Gasteiger partial charge in [-0.25, -0.2) is 0 Å². The van der Waals surface area contributed by atoms with Gasteiger partial charge in [-0.1, -0.05) is 36.4 Å². The van der Waals surface area contributed by atoms with Crippen LogP contribution in [-0.4, -0.2) is 34.2 Å². The molecule has 7 heteroatoms. The van der Waals surface area contributed by atoms with E-state index < -0.39 is 6.04 Å². The molecule has 0 unspecified atom stereocenters. The Hall–Kier alpha value is -2.93. The van der Waals surface area contributed by atoms with Crippen molar-refractivity contribution in [2.45, 2.75) is 26.4 Å². The molecular weight excluding hydrogens is 360 g/mol. The predicted octanol–water partition coefficient (Wildman–Crippen LogP) is 2.91. The quantitative estimate of drug-likeness (QED) is 0.660. The molecule has 2 aromatic heterocycles. The van der Waals surface area contributed by atoms with Crippen molar-refractivity contribution in [1.82, 2.24) is 20.4 Å². The fraction of sp³-hybridized carbons (Fsp3) is 0.250. The van der Waals surface area contributed by atoms with Crippen LogP contribution in [0.1, 0.15) is 29.8 Å². The summed E-state index contributed by atoms with van der Waals surface area (Å²) >= 11 is 1.53. The number of nitrogens with zero attached hydrogens (tertiary/aromatic N) is 2. The van der Waals surface area contributed by atoms with Gasteiger partial charge in [-0.05, 0) is 30.9 Å². The van der Waals surface area contributed by atoms with E-state index in [9.17, 15) is 9.59 Å². The molecule has 3 rings (SSSR count). The fourth-order valence-electron chi connectivity index (χ4n) is 2.70. The second kappa shape index (κ2) is 8.64. The van der Waals surface area contributed by atoms with Crippen LogP contribution >= 0.6 is 11.3 Å². The molecule has 0 aliphatic rings. The number of rotatable bonds is 7. The zero-order valence-corrected chi connectivity index (χ0v) is 16.1. The minimum absolute atomic E-state index is 0.208. The van der Waals surface area contributed by atoms with Gasteiger partial charge in [0.1, 0.15) is 11.7 Å². The van der Waals surface area contributed by atoms with E-state index in [1.165, 1.54) is 11.3 Å². The Bertz CT molecular complexity index is 903. The first-order valence-corrected chi connectivity index (χ1v) is 9.70. The zero-order chi connectivity index (χ0) is 19.2. The summed E-state index contributed by atoms with van der Waals surface area (Å²) < 4.78 is 1.76. The van der Waals surface area contributed by atoms with Gasteiger partial charge < -0.3 is 10.6 Å². The third-order valence-corrected chi connectivity index (χ3v) is 4.92. The molecule has 1 atom stereocenters. The second-order valence-corrected chi connectivity index (χ2v) is 7.09. The molecule has 140 valence electrons. The molecule has 6 nitrogen and oxygen atoms in total. The third-order valence-electron chi connectivity index (χ3n) is 4.04. The van der Waals surface area contributed by atoms with Gasteiger partial charge in [-0.3, -0.25) is 14.3 Å². The highest BCUT2D eigenvalue weighted by Crippen LogP contribution is 2.27. The van der Waals surface area contributed by atoms with Gasteiger partial charge in [0.2, 0.25) is 5.91 Å². The minimum Gasteiger partial charge on any atom is -0.355 e. The molecule has 0 spiro atoms. The molecular formula is C20H22N4O2S. The Labute approximate surface area is 162 Å². The molecule has 0 radical (unpaired) electrons. The maximum absolute atomic E-state index is 12.8. The van der Waals surface area contributed by atoms with Crippen LogP contribution in [0.2, 0.25) is 0 Å². The highest BCUT2D eigenvalue weighted by molar-refractivity contribution is 7.13. The lowest BCUT2D eigenvalue weighted by atomic mass is 10.2. The number of hydrogen-bond acceptors (Lipinski definition) is 4. The van der Waals surface area contributed by atoms with E-state index in [2.05, 4.69) is 15.7 Å². The van der Waals surface area contributed by atoms with Crippen molar-refractivity contribution in [1.29, 1.82) is 0 Å². The van der Waals surface area contributed by atoms with Crippen LogP contribution in [0, 0.1) is 0 Å².